The predicted molar refractivity (Wildman–Crippen MR) is 84.9 cm³/mol. The molecule has 1 aromatic carbocycles. The quantitative estimate of drug-likeness (QED) is 0.496. The fraction of sp³-hybridized carbons (Fsp3) is 0.529. The lowest BCUT2D eigenvalue weighted by atomic mass is 9.47. The lowest BCUT2D eigenvalue weighted by molar-refractivity contribution is 0.0871. The fourth-order valence-corrected chi connectivity index (χ4v) is 5.22. The number of rotatable bonds is 2. The van der Waals surface area contributed by atoms with Crippen molar-refractivity contribution in [3.8, 4) is 0 Å². The largest absolute Gasteiger partial charge is 0.369 e. The van der Waals surface area contributed by atoms with Gasteiger partial charge in [0.2, 0.25) is 5.96 Å². The van der Waals surface area contributed by atoms with Gasteiger partial charge in [-0.1, -0.05) is 30.3 Å². The average molecular weight is 282 g/mol. The highest BCUT2D eigenvalue weighted by molar-refractivity contribution is 5.99. The summed E-state index contributed by atoms with van der Waals surface area (Å²) in [5.41, 5.74) is 13.7. The van der Waals surface area contributed by atoms with Crippen molar-refractivity contribution in [1.29, 1.82) is 0 Å². The summed E-state index contributed by atoms with van der Waals surface area (Å²) in [5.74, 6) is 2.32. The van der Waals surface area contributed by atoms with Crippen molar-refractivity contribution < 1.29 is 0 Å². The molecule has 2 unspecified atom stereocenters. The first-order chi connectivity index (χ1) is 10.2. The second kappa shape index (κ2) is 4.58. The monoisotopic (exact) mass is 282 g/mol. The van der Waals surface area contributed by atoms with Gasteiger partial charge < -0.3 is 11.5 Å². The van der Waals surface area contributed by atoms with Gasteiger partial charge in [-0.05, 0) is 49.5 Å². The molecule has 4 aliphatic rings. The van der Waals surface area contributed by atoms with E-state index in [-0.39, 0.29) is 11.4 Å². The van der Waals surface area contributed by atoms with Crippen LogP contribution in [-0.2, 0) is 5.41 Å². The van der Waals surface area contributed by atoms with Gasteiger partial charge in [0.1, 0.15) is 0 Å². The van der Waals surface area contributed by atoms with Crippen molar-refractivity contribution in [2.75, 3.05) is 0 Å². The van der Waals surface area contributed by atoms with Crippen LogP contribution in [0.4, 0.5) is 0 Å². The molecule has 4 bridgehead atoms. The van der Waals surface area contributed by atoms with Gasteiger partial charge in [-0.3, -0.25) is 0 Å². The van der Waals surface area contributed by atoms with E-state index in [9.17, 15) is 0 Å². The van der Waals surface area contributed by atoms with E-state index in [4.69, 9.17) is 11.5 Å². The molecule has 4 aliphatic carbocycles. The summed E-state index contributed by atoms with van der Waals surface area (Å²) in [6.45, 7) is 0. The highest BCUT2D eigenvalue weighted by Gasteiger charge is 2.56. The first kappa shape index (κ1) is 12.9. The molecule has 4 heteroatoms. The van der Waals surface area contributed by atoms with E-state index < -0.39 is 0 Å². The number of hydrogen-bond acceptors (Lipinski definition) is 2. The van der Waals surface area contributed by atoms with Gasteiger partial charge in [0.05, 0.1) is 5.71 Å². The Bertz CT molecular complexity index is 586. The lowest BCUT2D eigenvalue weighted by Gasteiger charge is -2.57. The van der Waals surface area contributed by atoms with Crippen LogP contribution < -0.4 is 11.5 Å². The zero-order valence-corrected chi connectivity index (χ0v) is 12.2. The molecule has 1 aromatic rings. The third kappa shape index (κ3) is 1.96. The van der Waals surface area contributed by atoms with Gasteiger partial charge in [0.25, 0.3) is 0 Å². The molecule has 0 saturated heterocycles. The van der Waals surface area contributed by atoms with Gasteiger partial charge in [-0.15, -0.1) is 5.10 Å². The fourth-order valence-electron chi connectivity index (χ4n) is 5.22. The molecule has 4 atom stereocenters. The SMILES string of the molecule is NC(N)=N/N=C1\C2C[C@@H]3C[C@H](C2)CC1(c1ccccc1)C3. The van der Waals surface area contributed by atoms with Crippen LogP contribution in [0.3, 0.4) is 0 Å². The maximum atomic E-state index is 5.50. The minimum Gasteiger partial charge on any atom is -0.369 e. The van der Waals surface area contributed by atoms with Gasteiger partial charge in [0.15, 0.2) is 0 Å². The minimum absolute atomic E-state index is 0.0551. The van der Waals surface area contributed by atoms with Crippen LogP contribution in [0.5, 0.6) is 0 Å². The van der Waals surface area contributed by atoms with Gasteiger partial charge in [-0.2, -0.15) is 5.10 Å². The molecule has 21 heavy (non-hydrogen) atoms. The Hall–Kier alpha value is -1.84. The van der Waals surface area contributed by atoms with Crippen LogP contribution in [0.25, 0.3) is 0 Å². The zero-order valence-electron chi connectivity index (χ0n) is 12.2. The molecule has 0 spiro atoms. The smallest absolute Gasteiger partial charge is 0.211 e. The molecule has 0 aromatic heterocycles. The molecule has 110 valence electrons. The van der Waals surface area contributed by atoms with Crippen molar-refractivity contribution in [2.45, 2.75) is 37.5 Å². The minimum atomic E-state index is 0.0551. The van der Waals surface area contributed by atoms with E-state index in [1.54, 1.807) is 0 Å². The van der Waals surface area contributed by atoms with Crippen molar-refractivity contribution in [1.82, 2.24) is 0 Å². The summed E-state index contributed by atoms with van der Waals surface area (Å²) < 4.78 is 0. The summed E-state index contributed by atoms with van der Waals surface area (Å²) in [6, 6.07) is 10.8. The molecular weight excluding hydrogens is 260 g/mol. The highest BCUT2D eigenvalue weighted by atomic mass is 15.3. The Morgan fingerprint density at radius 3 is 2.29 bits per heavy atom. The summed E-state index contributed by atoms with van der Waals surface area (Å²) in [7, 11) is 0. The van der Waals surface area contributed by atoms with Crippen LogP contribution in [0.2, 0.25) is 0 Å². The first-order valence-electron chi connectivity index (χ1n) is 7.90. The van der Waals surface area contributed by atoms with E-state index in [0.29, 0.717) is 5.92 Å². The van der Waals surface area contributed by atoms with Crippen LogP contribution in [0.1, 0.15) is 37.7 Å². The van der Waals surface area contributed by atoms with Gasteiger partial charge in [0, 0.05) is 11.3 Å². The maximum Gasteiger partial charge on any atom is 0.211 e. The van der Waals surface area contributed by atoms with Crippen molar-refractivity contribution in [3.05, 3.63) is 35.9 Å². The Kier molecular flexibility index (Phi) is 2.81. The molecule has 4 fully saturated rings. The van der Waals surface area contributed by atoms with Gasteiger partial charge >= 0.3 is 0 Å². The number of guanidine groups is 1. The molecule has 4 N–H and O–H groups in total. The third-order valence-corrected chi connectivity index (χ3v) is 5.65. The number of nitrogens with two attached hydrogens (primary N) is 2. The van der Waals surface area contributed by atoms with Gasteiger partial charge in [-0.25, -0.2) is 0 Å². The number of hydrogen-bond donors (Lipinski definition) is 2. The van der Waals surface area contributed by atoms with E-state index >= 15 is 0 Å². The molecule has 0 radical (unpaired) electrons. The number of nitrogens with zero attached hydrogens (tertiary/aromatic N) is 2. The maximum absolute atomic E-state index is 5.50. The molecule has 0 amide bonds. The first-order valence-corrected chi connectivity index (χ1v) is 7.90. The molecule has 0 heterocycles. The Morgan fingerprint density at radius 1 is 1.00 bits per heavy atom. The van der Waals surface area contributed by atoms with E-state index in [1.165, 1.54) is 43.4 Å². The summed E-state index contributed by atoms with van der Waals surface area (Å²) in [5, 5.41) is 8.53. The second-order valence-corrected chi connectivity index (χ2v) is 7.00. The molecule has 4 saturated carbocycles. The molecule has 0 aliphatic heterocycles. The lowest BCUT2D eigenvalue weighted by Crippen LogP contribution is -2.55. The molecule has 5 rings (SSSR count). The third-order valence-electron chi connectivity index (χ3n) is 5.65. The zero-order chi connectivity index (χ0) is 14.4. The van der Waals surface area contributed by atoms with Crippen LogP contribution in [-0.4, -0.2) is 11.7 Å². The Labute approximate surface area is 125 Å². The van der Waals surface area contributed by atoms with Crippen LogP contribution in [0.15, 0.2) is 40.5 Å². The second-order valence-electron chi connectivity index (χ2n) is 7.00. The summed E-state index contributed by atoms with van der Waals surface area (Å²) in [6.07, 6.45) is 6.36. The predicted octanol–water partition coefficient (Wildman–Crippen LogP) is 2.39. The van der Waals surface area contributed by atoms with Crippen molar-refractivity contribution in [2.24, 2.45) is 39.4 Å². The van der Waals surface area contributed by atoms with Crippen LogP contribution >= 0.6 is 0 Å². The highest BCUT2D eigenvalue weighted by Crippen LogP contribution is 2.59. The van der Waals surface area contributed by atoms with E-state index in [2.05, 4.69) is 40.5 Å². The van der Waals surface area contributed by atoms with Crippen LogP contribution in [0, 0.1) is 17.8 Å². The molecular formula is C17H22N4. The van der Waals surface area contributed by atoms with E-state index in [1.807, 2.05) is 0 Å². The number of benzene rings is 1. The molecule has 4 nitrogen and oxygen atoms in total. The van der Waals surface area contributed by atoms with Crippen molar-refractivity contribution >= 4 is 11.7 Å². The topological polar surface area (TPSA) is 76.8 Å². The summed E-state index contributed by atoms with van der Waals surface area (Å²) in [4.78, 5) is 0. The standard InChI is InChI=1S/C17H22N4/c18-16(19)21-20-15-13-7-11-6-12(8-13)10-17(15,9-11)14-4-2-1-3-5-14/h1-5,11-13H,6-10H2,(H4,18,19,21)/b20-15+/t11-,12+,13?,17?. The van der Waals surface area contributed by atoms with Crippen molar-refractivity contribution in [3.63, 3.8) is 0 Å². The Morgan fingerprint density at radius 2 is 1.67 bits per heavy atom. The average Bonchev–Trinajstić information content (AvgIpc) is 2.46. The van der Waals surface area contributed by atoms with E-state index in [0.717, 1.165) is 11.8 Å². The normalized spacial score (nSPS) is 38.7. The Balaban J connectivity index is 1.84. The summed E-state index contributed by atoms with van der Waals surface area (Å²) >= 11 is 0.